The molecule has 0 aromatic heterocycles. The van der Waals surface area contributed by atoms with Crippen LogP contribution in [-0.4, -0.2) is 23.9 Å². The molecule has 0 bridgehead atoms. The van der Waals surface area contributed by atoms with Crippen molar-refractivity contribution in [1.82, 2.24) is 4.90 Å². The van der Waals surface area contributed by atoms with Crippen molar-refractivity contribution in [3.63, 3.8) is 0 Å². The van der Waals surface area contributed by atoms with Crippen LogP contribution in [0.15, 0.2) is 24.3 Å². The normalized spacial score (nSPS) is 9.06. The summed E-state index contributed by atoms with van der Waals surface area (Å²) in [6, 6.07) is 10.8. The van der Waals surface area contributed by atoms with Crippen LogP contribution in [0, 0.1) is 22.7 Å². The number of carbonyl (C=O) groups excluding carboxylic acids is 1. The number of para-hydroxylation sites is 1. The Balaban J connectivity index is 2.75. The lowest BCUT2D eigenvalue weighted by Crippen LogP contribution is -2.33. The molecule has 1 aromatic carbocycles. The molecule has 17 heavy (non-hydrogen) atoms. The van der Waals surface area contributed by atoms with Crippen LogP contribution in [0.5, 0.6) is 0 Å². The second kappa shape index (κ2) is 6.14. The van der Waals surface area contributed by atoms with Crippen LogP contribution in [0.2, 0.25) is 0 Å². The molecule has 2 N–H and O–H groups in total. The monoisotopic (exact) mass is 228 g/mol. The van der Waals surface area contributed by atoms with E-state index in [1.54, 1.807) is 24.3 Å². The number of amides is 1. The van der Waals surface area contributed by atoms with Gasteiger partial charge in [-0.3, -0.25) is 4.79 Å². The summed E-state index contributed by atoms with van der Waals surface area (Å²) >= 11 is 0. The molecule has 0 aliphatic carbocycles. The number of rotatable bonds is 4. The highest BCUT2D eigenvalue weighted by atomic mass is 16.2. The second-order valence-corrected chi connectivity index (χ2v) is 3.44. The summed E-state index contributed by atoms with van der Waals surface area (Å²) in [5.41, 5.74) is 6.96. The van der Waals surface area contributed by atoms with Crippen LogP contribution in [0.4, 0.5) is 5.69 Å². The smallest absolute Gasteiger partial charge is 0.228 e. The predicted molar refractivity (Wildman–Crippen MR) is 62.4 cm³/mol. The molecule has 5 nitrogen and oxygen atoms in total. The summed E-state index contributed by atoms with van der Waals surface area (Å²) in [5, 5.41) is 17.1. The fourth-order valence-corrected chi connectivity index (χ4v) is 1.37. The molecule has 5 heteroatoms. The standard InChI is InChI=1S/C12H12N4O/c13-5-7-16(8-6-14)12(17)9-10-3-1-2-4-11(10)15/h1-4H,7-9,15H2. The Morgan fingerprint density at radius 2 is 1.82 bits per heavy atom. The molecule has 1 amide bonds. The molecule has 0 spiro atoms. The Morgan fingerprint density at radius 3 is 2.35 bits per heavy atom. The highest BCUT2D eigenvalue weighted by molar-refractivity contribution is 5.80. The number of nitrogens with two attached hydrogens (primary N) is 1. The molecular formula is C12H12N4O. The largest absolute Gasteiger partial charge is 0.398 e. The lowest BCUT2D eigenvalue weighted by Gasteiger charge is -2.16. The van der Waals surface area contributed by atoms with Gasteiger partial charge in [0.05, 0.1) is 18.6 Å². The van der Waals surface area contributed by atoms with Crippen LogP contribution >= 0.6 is 0 Å². The van der Waals surface area contributed by atoms with Crippen LogP contribution in [0.1, 0.15) is 5.56 Å². The van der Waals surface area contributed by atoms with Gasteiger partial charge < -0.3 is 10.6 Å². The van der Waals surface area contributed by atoms with Crippen LogP contribution in [0.25, 0.3) is 0 Å². The Hall–Kier alpha value is -2.53. The van der Waals surface area contributed by atoms with E-state index in [9.17, 15) is 4.79 Å². The molecule has 0 fully saturated rings. The van der Waals surface area contributed by atoms with Gasteiger partial charge in [0.25, 0.3) is 0 Å². The number of benzene rings is 1. The Morgan fingerprint density at radius 1 is 1.24 bits per heavy atom. The number of nitrogens with zero attached hydrogens (tertiary/aromatic N) is 3. The topological polar surface area (TPSA) is 93.9 Å². The summed E-state index contributed by atoms with van der Waals surface area (Å²) in [6.07, 6.45) is 0.107. The zero-order valence-electron chi connectivity index (χ0n) is 9.26. The van der Waals surface area contributed by atoms with Gasteiger partial charge in [-0.15, -0.1) is 0 Å². The molecule has 0 aliphatic rings. The van der Waals surface area contributed by atoms with Gasteiger partial charge in [0.15, 0.2) is 0 Å². The first-order valence-electron chi connectivity index (χ1n) is 5.04. The molecule has 1 rings (SSSR count). The van der Waals surface area contributed by atoms with Crippen molar-refractivity contribution in [2.24, 2.45) is 0 Å². The fourth-order valence-electron chi connectivity index (χ4n) is 1.37. The molecule has 0 unspecified atom stereocenters. The number of hydrogen-bond acceptors (Lipinski definition) is 4. The van der Waals surface area contributed by atoms with Gasteiger partial charge in [0.1, 0.15) is 13.1 Å². The molecular weight excluding hydrogens is 216 g/mol. The summed E-state index contributed by atoms with van der Waals surface area (Å²) in [6.45, 7) is -0.168. The van der Waals surface area contributed by atoms with E-state index in [0.717, 1.165) is 0 Å². The first kappa shape index (κ1) is 12.5. The van der Waals surface area contributed by atoms with Crippen molar-refractivity contribution in [2.75, 3.05) is 18.8 Å². The highest BCUT2D eigenvalue weighted by Gasteiger charge is 2.14. The first-order valence-corrected chi connectivity index (χ1v) is 5.04. The van der Waals surface area contributed by atoms with Crippen LogP contribution in [-0.2, 0) is 11.2 Å². The van der Waals surface area contributed by atoms with E-state index < -0.39 is 0 Å². The maximum absolute atomic E-state index is 11.8. The van der Waals surface area contributed by atoms with E-state index >= 15 is 0 Å². The maximum atomic E-state index is 11.8. The van der Waals surface area contributed by atoms with Gasteiger partial charge in [-0.25, -0.2) is 0 Å². The third-order valence-corrected chi connectivity index (χ3v) is 2.27. The van der Waals surface area contributed by atoms with E-state index in [4.69, 9.17) is 16.3 Å². The predicted octanol–water partition coefficient (Wildman–Crippen LogP) is 0.687. The summed E-state index contributed by atoms with van der Waals surface area (Å²) < 4.78 is 0. The van der Waals surface area contributed by atoms with E-state index in [2.05, 4.69) is 0 Å². The zero-order chi connectivity index (χ0) is 12.7. The Kier molecular flexibility index (Phi) is 4.53. The Labute approximate surface area is 99.7 Å². The van der Waals surface area contributed by atoms with Crippen molar-refractivity contribution in [1.29, 1.82) is 10.5 Å². The molecule has 0 aliphatic heterocycles. The molecule has 0 radical (unpaired) electrons. The quantitative estimate of drug-likeness (QED) is 0.605. The van der Waals surface area contributed by atoms with Gasteiger partial charge in [0, 0.05) is 5.69 Å². The summed E-state index contributed by atoms with van der Waals surface area (Å²) in [7, 11) is 0. The van der Waals surface area contributed by atoms with Gasteiger partial charge in [-0.05, 0) is 11.6 Å². The number of nitriles is 2. The minimum Gasteiger partial charge on any atom is -0.398 e. The van der Waals surface area contributed by atoms with Crippen LogP contribution < -0.4 is 5.73 Å². The van der Waals surface area contributed by atoms with Gasteiger partial charge in [0.2, 0.25) is 5.91 Å². The van der Waals surface area contributed by atoms with Crippen molar-refractivity contribution >= 4 is 11.6 Å². The minimum atomic E-state index is -0.272. The summed E-state index contributed by atoms with van der Waals surface area (Å²) in [4.78, 5) is 13.0. The van der Waals surface area contributed by atoms with Crippen molar-refractivity contribution < 1.29 is 4.79 Å². The van der Waals surface area contributed by atoms with Crippen molar-refractivity contribution in [3.8, 4) is 12.1 Å². The van der Waals surface area contributed by atoms with Crippen molar-refractivity contribution in [2.45, 2.75) is 6.42 Å². The molecule has 0 atom stereocenters. The number of carbonyl (C=O) groups is 1. The molecule has 0 saturated heterocycles. The average Bonchev–Trinajstić information content (AvgIpc) is 2.32. The lowest BCUT2D eigenvalue weighted by atomic mass is 10.1. The average molecular weight is 228 g/mol. The second-order valence-electron chi connectivity index (χ2n) is 3.44. The maximum Gasteiger partial charge on any atom is 0.228 e. The lowest BCUT2D eigenvalue weighted by molar-refractivity contribution is -0.129. The van der Waals surface area contributed by atoms with Gasteiger partial charge in [-0.2, -0.15) is 10.5 Å². The molecule has 86 valence electrons. The number of hydrogen-bond donors (Lipinski definition) is 1. The Bertz CT molecular complexity index is 468. The fraction of sp³-hybridized carbons (Fsp3) is 0.250. The zero-order valence-corrected chi connectivity index (χ0v) is 9.26. The molecule has 1 aromatic rings. The molecule has 0 heterocycles. The number of anilines is 1. The summed E-state index contributed by atoms with van der Waals surface area (Å²) in [5.74, 6) is -0.272. The first-order chi connectivity index (χ1) is 8.19. The minimum absolute atomic E-state index is 0.0842. The van der Waals surface area contributed by atoms with E-state index in [-0.39, 0.29) is 25.4 Å². The SMILES string of the molecule is N#CCN(CC#N)C(=O)Cc1ccccc1N. The highest BCUT2D eigenvalue weighted by Crippen LogP contribution is 2.12. The third-order valence-electron chi connectivity index (χ3n) is 2.27. The van der Waals surface area contributed by atoms with E-state index in [0.29, 0.717) is 11.3 Å². The van der Waals surface area contributed by atoms with E-state index in [1.807, 2.05) is 12.1 Å². The molecule has 0 saturated carbocycles. The van der Waals surface area contributed by atoms with Gasteiger partial charge in [-0.1, -0.05) is 18.2 Å². The van der Waals surface area contributed by atoms with Crippen LogP contribution in [0.3, 0.4) is 0 Å². The van der Waals surface area contributed by atoms with Gasteiger partial charge >= 0.3 is 0 Å². The third kappa shape index (κ3) is 3.51. The van der Waals surface area contributed by atoms with Crippen molar-refractivity contribution in [3.05, 3.63) is 29.8 Å². The number of nitrogen functional groups attached to an aromatic ring is 1. The van der Waals surface area contributed by atoms with E-state index in [1.165, 1.54) is 4.90 Å².